The summed E-state index contributed by atoms with van der Waals surface area (Å²) in [6.07, 6.45) is 0. The lowest BCUT2D eigenvalue weighted by Gasteiger charge is -2.23. The highest BCUT2D eigenvalue weighted by Gasteiger charge is 2.11. The van der Waals surface area contributed by atoms with Gasteiger partial charge in [-0.3, -0.25) is 4.79 Å². The van der Waals surface area contributed by atoms with E-state index in [9.17, 15) is 4.79 Å². The monoisotopic (exact) mass is 280 g/mol. The second-order valence-electron chi connectivity index (χ2n) is 4.90. The number of hydrogen-bond acceptors (Lipinski definition) is 3. The minimum atomic E-state index is -0.882. The zero-order valence-electron chi connectivity index (χ0n) is 11.8. The third-order valence-electron chi connectivity index (χ3n) is 3.15. The highest BCUT2D eigenvalue weighted by atomic mass is 16.4. The number of nitriles is 1. The molecule has 0 amide bonds. The third-order valence-corrected chi connectivity index (χ3v) is 3.15. The van der Waals surface area contributed by atoms with Crippen LogP contribution in [0, 0.1) is 18.3 Å². The van der Waals surface area contributed by atoms with Crippen LogP contribution in [0.1, 0.15) is 16.7 Å². The van der Waals surface area contributed by atoms with E-state index >= 15 is 0 Å². The molecule has 0 heterocycles. The van der Waals surface area contributed by atoms with Gasteiger partial charge in [-0.1, -0.05) is 29.8 Å². The Morgan fingerprint density at radius 2 is 1.95 bits per heavy atom. The first-order chi connectivity index (χ1) is 10.1. The first kappa shape index (κ1) is 14.6. The average Bonchev–Trinajstić information content (AvgIpc) is 2.47. The summed E-state index contributed by atoms with van der Waals surface area (Å²) in [5, 5.41) is 18.0. The van der Waals surface area contributed by atoms with E-state index in [1.165, 1.54) is 0 Å². The first-order valence-electron chi connectivity index (χ1n) is 6.61. The van der Waals surface area contributed by atoms with Gasteiger partial charge in [-0.05, 0) is 36.8 Å². The zero-order valence-corrected chi connectivity index (χ0v) is 11.8. The Morgan fingerprint density at radius 1 is 1.24 bits per heavy atom. The zero-order chi connectivity index (χ0) is 15.2. The maximum atomic E-state index is 11.1. The summed E-state index contributed by atoms with van der Waals surface area (Å²) < 4.78 is 0. The van der Waals surface area contributed by atoms with Crippen molar-refractivity contribution >= 4 is 11.7 Å². The summed E-state index contributed by atoms with van der Waals surface area (Å²) >= 11 is 0. The van der Waals surface area contributed by atoms with Crippen LogP contribution in [0.15, 0.2) is 48.5 Å². The van der Waals surface area contributed by atoms with Crippen LogP contribution in [-0.4, -0.2) is 17.6 Å². The molecular formula is C17H16N2O2. The number of rotatable bonds is 5. The van der Waals surface area contributed by atoms with E-state index < -0.39 is 5.97 Å². The van der Waals surface area contributed by atoms with Crippen LogP contribution < -0.4 is 4.90 Å². The van der Waals surface area contributed by atoms with Crippen molar-refractivity contribution in [2.75, 3.05) is 11.4 Å². The Hall–Kier alpha value is -2.80. The molecule has 0 aliphatic carbocycles. The molecule has 0 fully saturated rings. The standard InChI is InChI=1S/C17H16N2O2/c1-13-5-7-16(8-6-13)19(12-17(20)21)11-15-4-2-3-14(9-15)10-18/h2-9H,11-12H2,1H3,(H,20,21). The van der Waals surface area contributed by atoms with Crippen LogP contribution in [0.25, 0.3) is 0 Å². The molecule has 0 unspecified atom stereocenters. The van der Waals surface area contributed by atoms with Crippen LogP contribution in [0.2, 0.25) is 0 Å². The van der Waals surface area contributed by atoms with E-state index in [1.54, 1.807) is 17.0 Å². The second-order valence-corrected chi connectivity index (χ2v) is 4.90. The topological polar surface area (TPSA) is 64.3 Å². The van der Waals surface area contributed by atoms with Crippen LogP contribution in [0.5, 0.6) is 0 Å². The minimum Gasteiger partial charge on any atom is -0.480 e. The molecule has 2 aromatic rings. The maximum Gasteiger partial charge on any atom is 0.323 e. The van der Waals surface area contributed by atoms with Gasteiger partial charge in [0.2, 0.25) is 0 Å². The Morgan fingerprint density at radius 3 is 2.57 bits per heavy atom. The largest absolute Gasteiger partial charge is 0.480 e. The fraction of sp³-hybridized carbons (Fsp3) is 0.176. The molecule has 0 saturated carbocycles. The predicted molar refractivity (Wildman–Crippen MR) is 81.0 cm³/mol. The Balaban J connectivity index is 2.25. The van der Waals surface area contributed by atoms with Crippen molar-refractivity contribution in [1.82, 2.24) is 0 Å². The van der Waals surface area contributed by atoms with Gasteiger partial charge in [0, 0.05) is 12.2 Å². The summed E-state index contributed by atoms with van der Waals surface area (Å²) in [6.45, 7) is 2.35. The number of carboxylic acids is 1. The number of aliphatic carboxylic acids is 1. The van der Waals surface area contributed by atoms with Crippen molar-refractivity contribution in [2.45, 2.75) is 13.5 Å². The highest BCUT2D eigenvalue weighted by Crippen LogP contribution is 2.18. The normalized spacial score (nSPS) is 9.90. The molecule has 4 heteroatoms. The van der Waals surface area contributed by atoms with Crippen molar-refractivity contribution < 1.29 is 9.90 Å². The Bertz CT molecular complexity index is 672. The number of hydrogen-bond donors (Lipinski definition) is 1. The Kier molecular flexibility index (Phi) is 4.57. The van der Waals surface area contributed by atoms with E-state index in [0.29, 0.717) is 12.1 Å². The molecule has 21 heavy (non-hydrogen) atoms. The lowest BCUT2D eigenvalue weighted by molar-refractivity contribution is -0.135. The summed E-state index contributed by atoms with van der Waals surface area (Å²) in [5.74, 6) is -0.882. The summed E-state index contributed by atoms with van der Waals surface area (Å²) in [4.78, 5) is 12.8. The predicted octanol–water partition coefficient (Wildman–Crippen LogP) is 2.96. The van der Waals surface area contributed by atoms with Gasteiger partial charge in [0.1, 0.15) is 6.54 Å². The molecule has 106 valence electrons. The molecule has 2 aromatic carbocycles. The molecule has 0 radical (unpaired) electrons. The minimum absolute atomic E-state index is 0.0835. The van der Waals surface area contributed by atoms with E-state index in [-0.39, 0.29) is 6.54 Å². The quantitative estimate of drug-likeness (QED) is 0.914. The number of nitrogens with zero attached hydrogens (tertiary/aromatic N) is 2. The molecule has 0 bridgehead atoms. The molecule has 0 spiro atoms. The van der Waals surface area contributed by atoms with E-state index in [0.717, 1.165) is 16.8 Å². The summed E-state index contributed by atoms with van der Waals surface area (Å²) in [6, 6.07) is 17.0. The molecule has 0 aromatic heterocycles. The van der Waals surface area contributed by atoms with Crippen LogP contribution in [0.4, 0.5) is 5.69 Å². The summed E-state index contributed by atoms with van der Waals surface area (Å²) in [5.41, 5.74) is 3.47. The Labute approximate surface area is 123 Å². The second kappa shape index (κ2) is 6.58. The SMILES string of the molecule is Cc1ccc(N(CC(=O)O)Cc2cccc(C#N)c2)cc1. The van der Waals surface area contributed by atoms with E-state index in [1.807, 2.05) is 43.3 Å². The van der Waals surface area contributed by atoms with Gasteiger partial charge in [-0.15, -0.1) is 0 Å². The molecule has 4 nitrogen and oxygen atoms in total. The number of aryl methyl sites for hydroxylation is 1. The molecular weight excluding hydrogens is 264 g/mol. The van der Waals surface area contributed by atoms with Gasteiger partial charge in [-0.25, -0.2) is 0 Å². The number of anilines is 1. The van der Waals surface area contributed by atoms with Gasteiger partial charge < -0.3 is 10.0 Å². The van der Waals surface area contributed by atoms with Crippen LogP contribution in [0.3, 0.4) is 0 Å². The first-order valence-corrected chi connectivity index (χ1v) is 6.61. The molecule has 1 N–H and O–H groups in total. The van der Waals surface area contributed by atoms with Crippen molar-refractivity contribution in [3.63, 3.8) is 0 Å². The van der Waals surface area contributed by atoms with Crippen molar-refractivity contribution in [2.24, 2.45) is 0 Å². The van der Waals surface area contributed by atoms with Gasteiger partial charge in [0.05, 0.1) is 11.6 Å². The van der Waals surface area contributed by atoms with Crippen LogP contribution in [-0.2, 0) is 11.3 Å². The highest BCUT2D eigenvalue weighted by molar-refractivity contribution is 5.73. The molecule has 0 aliphatic rings. The van der Waals surface area contributed by atoms with E-state index in [2.05, 4.69) is 6.07 Å². The fourth-order valence-electron chi connectivity index (χ4n) is 2.12. The van der Waals surface area contributed by atoms with E-state index in [4.69, 9.17) is 10.4 Å². The number of benzene rings is 2. The van der Waals surface area contributed by atoms with Gasteiger partial charge in [0.25, 0.3) is 0 Å². The third kappa shape index (κ3) is 4.08. The van der Waals surface area contributed by atoms with Crippen molar-refractivity contribution in [1.29, 1.82) is 5.26 Å². The smallest absolute Gasteiger partial charge is 0.323 e. The van der Waals surface area contributed by atoms with Gasteiger partial charge >= 0.3 is 5.97 Å². The fourth-order valence-corrected chi connectivity index (χ4v) is 2.12. The summed E-state index contributed by atoms with van der Waals surface area (Å²) in [7, 11) is 0. The molecule has 2 rings (SSSR count). The lowest BCUT2D eigenvalue weighted by atomic mass is 10.1. The maximum absolute atomic E-state index is 11.1. The van der Waals surface area contributed by atoms with Crippen molar-refractivity contribution in [3.05, 3.63) is 65.2 Å². The van der Waals surface area contributed by atoms with Crippen LogP contribution >= 0.6 is 0 Å². The number of carbonyl (C=O) groups is 1. The van der Waals surface area contributed by atoms with Gasteiger partial charge in [-0.2, -0.15) is 5.26 Å². The molecule has 0 saturated heterocycles. The van der Waals surface area contributed by atoms with Crippen molar-refractivity contribution in [3.8, 4) is 6.07 Å². The molecule has 0 atom stereocenters. The number of carboxylic acid groups (broad SMARTS) is 1. The lowest BCUT2D eigenvalue weighted by Crippen LogP contribution is -2.29. The molecule has 0 aliphatic heterocycles. The average molecular weight is 280 g/mol. The van der Waals surface area contributed by atoms with Gasteiger partial charge in [0.15, 0.2) is 0 Å².